The summed E-state index contributed by atoms with van der Waals surface area (Å²) in [7, 11) is 0. The fourth-order valence-electron chi connectivity index (χ4n) is 3.04. The van der Waals surface area contributed by atoms with E-state index in [0.717, 1.165) is 24.4 Å². The molecule has 0 aliphatic carbocycles. The average Bonchev–Trinajstić information content (AvgIpc) is 2.37. The van der Waals surface area contributed by atoms with Crippen molar-refractivity contribution >= 4 is 16.7 Å². The highest BCUT2D eigenvalue weighted by atomic mass is 16.5. The van der Waals surface area contributed by atoms with Crippen LogP contribution in [-0.4, -0.2) is 30.3 Å². The Bertz CT molecular complexity index is 628. The third-order valence-corrected chi connectivity index (χ3v) is 3.86. The van der Waals surface area contributed by atoms with E-state index in [2.05, 4.69) is 56.9 Å². The lowest BCUT2D eigenvalue weighted by atomic mass is 10.1. The minimum atomic E-state index is 0.258. The molecule has 0 saturated carbocycles. The third kappa shape index (κ3) is 2.50. The fourth-order valence-corrected chi connectivity index (χ4v) is 3.04. The predicted octanol–water partition coefficient (Wildman–Crippen LogP) is 3.47. The minimum Gasteiger partial charge on any atom is -0.372 e. The molecular formula is C17H22N2O. The van der Waals surface area contributed by atoms with E-state index in [0.29, 0.717) is 0 Å². The highest BCUT2D eigenvalue weighted by molar-refractivity contribution is 5.82. The summed E-state index contributed by atoms with van der Waals surface area (Å²) in [5, 5.41) is 1.21. The number of anilines is 1. The molecule has 3 nitrogen and oxygen atoms in total. The van der Waals surface area contributed by atoms with Gasteiger partial charge in [-0.05, 0) is 51.0 Å². The van der Waals surface area contributed by atoms with Crippen LogP contribution in [0.3, 0.4) is 0 Å². The molecule has 0 radical (unpaired) electrons. The molecule has 3 rings (SSSR count). The molecule has 0 N–H and O–H groups in total. The van der Waals surface area contributed by atoms with Crippen molar-refractivity contribution in [3.05, 3.63) is 35.4 Å². The topological polar surface area (TPSA) is 25.4 Å². The lowest BCUT2D eigenvalue weighted by Crippen LogP contribution is -2.46. The standard InChI is InChI=1S/C17H22N2O/c1-11-5-6-15-8-12(2)17(18-16(15)7-11)19-9-13(3)20-14(4)10-19/h5-8,13-14H,9-10H2,1-4H3/t13-,14-/m0/s1. The Morgan fingerprint density at radius 2 is 1.80 bits per heavy atom. The molecule has 106 valence electrons. The highest BCUT2D eigenvalue weighted by Gasteiger charge is 2.24. The van der Waals surface area contributed by atoms with E-state index in [1.165, 1.54) is 16.5 Å². The maximum atomic E-state index is 5.81. The van der Waals surface area contributed by atoms with Crippen molar-refractivity contribution in [2.24, 2.45) is 0 Å². The van der Waals surface area contributed by atoms with Crippen LogP contribution in [0, 0.1) is 13.8 Å². The summed E-state index contributed by atoms with van der Waals surface area (Å²) < 4.78 is 5.81. The summed E-state index contributed by atoms with van der Waals surface area (Å²) >= 11 is 0. The van der Waals surface area contributed by atoms with Crippen molar-refractivity contribution in [3.8, 4) is 0 Å². The van der Waals surface area contributed by atoms with Gasteiger partial charge in [-0.25, -0.2) is 4.98 Å². The number of aromatic nitrogens is 1. The zero-order valence-corrected chi connectivity index (χ0v) is 12.7. The zero-order chi connectivity index (χ0) is 14.3. The summed E-state index contributed by atoms with van der Waals surface area (Å²) in [6.07, 6.45) is 0.515. The maximum absolute atomic E-state index is 5.81. The van der Waals surface area contributed by atoms with Gasteiger partial charge in [-0.15, -0.1) is 0 Å². The van der Waals surface area contributed by atoms with Crippen LogP contribution in [-0.2, 0) is 4.74 Å². The molecule has 2 heterocycles. The Balaban J connectivity index is 2.04. The summed E-state index contributed by atoms with van der Waals surface area (Å²) in [6.45, 7) is 10.3. The van der Waals surface area contributed by atoms with Crippen molar-refractivity contribution in [3.63, 3.8) is 0 Å². The number of benzene rings is 1. The number of aryl methyl sites for hydroxylation is 2. The molecule has 2 atom stereocenters. The number of rotatable bonds is 1. The van der Waals surface area contributed by atoms with Crippen molar-refractivity contribution in [2.75, 3.05) is 18.0 Å². The normalized spacial score (nSPS) is 23.3. The molecule has 0 unspecified atom stereocenters. The molecule has 1 fully saturated rings. The van der Waals surface area contributed by atoms with E-state index in [4.69, 9.17) is 9.72 Å². The third-order valence-electron chi connectivity index (χ3n) is 3.86. The molecule has 3 heteroatoms. The van der Waals surface area contributed by atoms with Crippen LogP contribution in [0.5, 0.6) is 0 Å². The van der Waals surface area contributed by atoms with Gasteiger partial charge in [-0.2, -0.15) is 0 Å². The number of hydrogen-bond donors (Lipinski definition) is 0. The Morgan fingerprint density at radius 1 is 1.10 bits per heavy atom. The van der Waals surface area contributed by atoms with Gasteiger partial charge in [0.05, 0.1) is 17.7 Å². The van der Waals surface area contributed by atoms with Crippen LogP contribution >= 0.6 is 0 Å². The largest absolute Gasteiger partial charge is 0.372 e. The van der Waals surface area contributed by atoms with Gasteiger partial charge in [0, 0.05) is 18.5 Å². The van der Waals surface area contributed by atoms with Gasteiger partial charge in [0.25, 0.3) is 0 Å². The van der Waals surface area contributed by atoms with Gasteiger partial charge in [-0.1, -0.05) is 12.1 Å². The van der Waals surface area contributed by atoms with Crippen LogP contribution in [0.1, 0.15) is 25.0 Å². The van der Waals surface area contributed by atoms with Gasteiger partial charge in [-0.3, -0.25) is 0 Å². The number of ether oxygens (including phenoxy) is 1. The molecular weight excluding hydrogens is 248 g/mol. The number of hydrogen-bond acceptors (Lipinski definition) is 3. The second-order valence-corrected chi connectivity index (χ2v) is 5.99. The van der Waals surface area contributed by atoms with Gasteiger partial charge < -0.3 is 9.64 Å². The SMILES string of the molecule is Cc1ccc2cc(C)c(N3C[C@H](C)O[C@@H](C)C3)nc2c1. The minimum absolute atomic E-state index is 0.258. The number of morpholine rings is 1. The van der Waals surface area contributed by atoms with Crippen molar-refractivity contribution in [1.29, 1.82) is 0 Å². The smallest absolute Gasteiger partial charge is 0.132 e. The van der Waals surface area contributed by atoms with E-state index in [1.54, 1.807) is 0 Å². The molecule has 1 aromatic heterocycles. The van der Waals surface area contributed by atoms with Gasteiger partial charge in [0.2, 0.25) is 0 Å². The molecule has 0 spiro atoms. The van der Waals surface area contributed by atoms with Crippen molar-refractivity contribution in [1.82, 2.24) is 4.98 Å². The van der Waals surface area contributed by atoms with Crippen LogP contribution in [0.15, 0.2) is 24.3 Å². The summed E-state index contributed by atoms with van der Waals surface area (Å²) in [6, 6.07) is 8.69. The van der Waals surface area contributed by atoms with Crippen molar-refractivity contribution in [2.45, 2.75) is 39.9 Å². The first-order valence-corrected chi connectivity index (χ1v) is 7.31. The molecule has 0 bridgehead atoms. The monoisotopic (exact) mass is 270 g/mol. The van der Waals surface area contributed by atoms with Gasteiger partial charge in [0.15, 0.2) is 0 Å². The van der Waals surface area contributed by atoms with Crippen LogP contribution in [0.25, 0.3) is 10.9 Å². The molecule has 20 heavy (non-hydrogen) atoms. The molecule has 1 aliphatic heterocycles. The Hall–Kier alpha value is -1.61. The number of pyridine rings is 1. The lowest BCUT2D eigenvalue weighted by molar-refractivity contribution is -0.00547. The van der Waals surface area contributed by atoms with Crippen molar-refractivity contribution < 1.29 is 4.74 Å². The van der Waals surface area contributed by atoms with E-state index in [9.17, 15) is 0 Å². The first-order chi connectivity index (χ1) is 9.52. The first-order valence-electron chi connectivity index (χ1n) is 7.31. The zero-order valence-electron chi connectivity index (χ0n) is 12.7. The van der Waals surface area contributed by atoms with Gasteiger partial charge in [0.1, 0.15) is 5.82 Å². The number of nitrogens with zero attached hydrogens (tertiary/aromatic N) is 2. The number of fused-ring (bicyclic) bond motifs is 1. The summed E-state index contributed by atoms with van der Waals surface area (Å²) in [5.41, 5.74) is 3.57. The Labute approximate surface area is 120 Å². The lowest BCUT2D eigenvalue weighted by Gasteiger charge is -2.36. The predicted molar refractivity (Wildman–Crippen MR) is 83.4 cm³/mol. The second kappa shape index (κ2) is 5.06. The van der Waals surface area contributed by atoms with E-state index < -0.39 is 0 Å². The Morgan fingerprint density at radius 3 is 2.50 bits per heavy atom. The molecule has 1 aliphatic rings. The highest BCUT2D eigenvalue weighted by Crippen LogP contribution is 2.26. The fraction of sp³-hybridized carbons (Fsp3) is 0.471. The summed E-state index contributed by atoms with van der Waals surface area (Å²) in [5.74, 6) is 1.10. The first kappa shape index (κ1) is 13.4. The molecule has 1 saturated heterocycles. The summed E-state index contributed by atoms with van der Waals surface area (Å²) in [4.78, 5) is 7.26. The van der Waals surface area contributed by atoms with Crippen LogP contribution in [0.2, 0.25) is 0 Å². The second-order valence-electron chi connectivity index (χ2n) is 5.99. The Kier molecular flexibility index (Phi) is 3.38. The molecule has 0 amide bonds. The van der Waals surface area contributed by atoms with Gasteiger partial charge >= 0.3 is 0 Å². The quantitative estimate of drug-likeness (QED) is 0.793. The van der Waals surface area contributed by atoms with E-state index >= 15 is 0 Å². The average molecular weight is 270 g/mol. The van der Waals surface area contributed by atoms with E-state index in [-0.39, 0.29) is 12.2 Å². The molecule has 1 aromatic carbocycles. The van der Waals surface area contributed by atoms with Crippen LogP contribution < -0.4 is 4.90 Å². The molecule has 2 aromatic rings. The maximum Gasteiger partial charge on any atom is 0.132 e. The van der Waals surface area contributed by atoms with E-state index in [1.807, 2.05) is 0 Å². The van der Waals surface area contributed by atoms with Crippen LogP contribution in [0.4, 0.5) is 5.82 Å².